The van der Waals surface area contributed by atoms with Gasteiger partial charge < -0.3 is 0 Å². The number of hydrogen-bond acceptors (Lipinski definition) is 5. The summed E-state index contributed by atoms with van der Waals surface area (Å²) in [5.41, 5.74) is -1.29. The molecular formula is C9H6ClN3O4S. The molecule has 1 aromatic carbocycles. The number of rotatable bonds is 2. The van der Waals surface area contributed by atoms with Gasteiger partial charge in [-0.3, -0.25) is 9.97 Å². The van der Waals surface area contributed by atoms with Crippen LogP contribution in [0.2, 0.25) is 0 Å². The summed E-state index contributed by atoms with van der Waals surface area (Å²) in [5.74, 6) is -0.0362. The lowest BCUT2D eigenvalue weighted by Gasteiger charge is -2.01. The summed E-state index contributed by atoms with van der Waals surface area (Å²) in [6.45, 7) is 0. The summed E-state index contributed by atoms with van der Waals surface area (Å²) < 4.78 is 22.3. The zero-order valence-corrected chi connectivity index (χ0v) is 10.2. The quantitative estimate of drug-likeness (QED) is 0.758. The van der Waals surface area contributed by atoms with Gasteiger partial charge in [-0.15, -0.1) is 0 Å². The standard InChI is InChI=1S/C9H6ClN3O4S/c10-18(16,17)6-3-1-2-5(4-6)7-11-8(14)13-9(15)12-7/h1-4H,(H2,11,12,13,14,15). The molecule has 0 aliphatic heterocycles. The van der Waals surface area contributed by atoms with Crippen molar-refractivity contribution in [3.8, 4) is 11.4 Å². The maximum atomic E-state index is 11.2. The van der Waals surface area contributed by atoms with Crippen molar-refractivity contribution in [3.63, 3.8) is 0 Å². The fourth-order valence-electron chi connectivity index (χ4n) is 1.33. The molecule has 0 bridgehead atoms. The summed E-state index contributed by atoms with van der Waals surface area (Å²) in [4.78, 5) is 29.7. The van der Waals surface area contributed by atoms with Gasteiger partial charge in [0.1, 0.15) is 5.82 Å². The van der Waals surface area contributed by atoms with Crippen LogP contribution in [0, 0.1) is 0 Å². The van der Waals surface area contributed by atoms with Crippen LogP contribution in [0.1, 0.15) is 0 Å². The summed E-state index contributed by atoms with van der Waals surface area (Å²) in [5, 5.41) is 0. The van der Waals surface area contributed by atoms with Crippen LogP contribution in [0.5, 0.6) is 0 Å². The van der Waals surface area contributed by atoms with Crippen LogP contribution in [0.3, 0.4) is 0 Å². The summed E-state index contributed by atoms with van der Waals surface area (Å²) in [6.07, 6.45) is 0. The molecule has 0 amide bonds. The lowest BCUT2D eigenvalue weighted by Crippen LogP contribution is -2.25. The Kier molecular flexibility index (Phi) is 3.05. The first-order valence-electron chi connectivity index (χ1n) is 4.62. The fraction of sp³-hybridized carbons (Fsp3) is 0. The van der Waals surface area contributed by atoms with E-state index in [2.05, 4.69) is 9.97 Å². The van der Waals surface area contributed by atoms with Gasteiger partial charge in [0.2, 0.25) is 0 Å². The van der Waals surface area contributed by atoms with Crippen molar-refractivity contribution >= 4 is 19.7 Å². The van der Waals surface area contributed by atoms with Crippen molar-refractivity contribution in [1.82, 2.24) is 15.0 Å². The maximum Gasteiger partial charge on any atom is 0.351 e. The molecule has 18 heavy (non-hydrogen) atoms. The van der Waals surface area contributed by atoms with Crippen LogP contribution < -0.4 is 11.4 Å². The summed E-state index contributed by atoms with van der Waals surface area (Å²) in [6, 6.07) is 5.41. The average molecular weight is 288 g/mol. The number of benzene rings is 1. The molecule has 94 valence electrons. The first-order chi connectivity index (χ1) is 8.36. The van der Waals surface area contributed by atoms with E-state index in [0.29, 0.717) is 0 Å². The molecule has 1 heterocycles. The van der Waals surface area contributed by atoms with E-state index in [9.17, 15) is 18.0 Å². The van der Waals surface area contributed by atoms with Crippen LogP contribution in [0.4, 0.5) is 0 Å². The molecule has 0 saturated carbocycles. The predicted molar refractivity (Wildman–Crippen MR) is 64.0 cm³/mol. The van der Waals surface area contributed by atoms with Gasteiger partial charge in [-0.05, 0) is 12.1 Å². The summed E-state index contributed by atoms with van der Waals surface area (Å²) in [7, 11) is 1.31. The molecule has 0 saturated heterocycles. The molecular weight excluding hydrogens is 282 g/mol. The van der Waals surface area contributed by atoms with Crippen LogP contribution in [-0.2, 0) is 9.05 Å². The topological polar surface area (TPSA) is 113 Å². The van der Waals surface area contributed by atoms with Gasteiger partial charge in [-0.25, -0.2) is 18.0 Å². The lowest BCUT2D eigenvalue weighted by molar-refractivity contribution is 0.609. The van der Waals surface area contributed by atoms with Gasteiger partial charge in [0.15, 0.2) is 0 Å². The second-order valence-corrected chi connectivity index (χ2v) is 5.88. The molecule has 7 nitrogen and oxygen atoms in total. The van der Waals surface area contributed by atoms with Gasteiger partial charge in [-0.2, -0.15) is 4.98 Å². The number of aromatic nitrogens is 3. The van der Waals surface area contributed by atoms with Gasteiger partial charge in [0.25, 0.3) is 9.05 Å². The number of nitrogens with zero attached hydrogens (tertiary/aromatic N) is 1. The Hall–Kier alpha value is -1.93. The SMILES string of the molecule is O=c1nc(-c2cccc(S(=O)(=O)Cl)c2)[nH]c(=O)[nH]1. The molecule has 1 aromatic heterocycles. The molecule has 2 N–H and O–H groups in total. The van der Waals surface area contributed by atoms with Gasteiger partial charge in [-0.1, -0.05) is 12.1 Å². The maximum absolute atomic E-state index is 11.2. The second-order valence-electron chi connectivity index (χ2n) is 3.31. The molecule has 0 aliphatic carbocycles. The lowest BCUT2D eigenvalue weighted by atomic mass is 10.2. The predicted octanol–water partition coefficient (Wildman–Crippen LogP) is 0.0527. The Morgan fingerprint density at radius 1 is 1.17 bits per heavy atom. The molecule has 0 fully saturated rings. The fourth-order valence-corrected chi connectivity index (χ4v) is 2.12. The molecule has 2 aromatic rings. The zero-order chi connectivity index (χ0) is 13.3. The number of aromatic amines is 2. The largest absolute Gasteiger partial charge is 0.351 e. The van der Waals surface area contributed by atoms with Gasteiger partial charge in [0.05, 0.1) is 4.90 Å². The van der Waals surface area contributed by atoms with E-state index in [4.69, 9.17) is 10.7 Å². The molecule has 9 heteroatoms. The van der Waals surface area contributed by atoms with Crippen molar-refractivity contribution in [2.75, 3.05) is 0 Å². The minimum Gasteiger partial charge on any atom is -0.291 e. The van der Waals surface area contributed by atoms with Crippen LogP contribution in [0.15, 0.2) is 38.8 Å². The third kappa shape index (κ3) is 2.66. The zero-order valence-electron chi connectivity index (χ0n) is 8.68. The highest BCUT2D eigenvalue weighted by atomic mass is 35.7. The van der Waals surface area contributed by atoms with Crippen molar-refractivity contribution in [2.45, 2.75) is 4.90 Å². The highest BCUT2D eigenvalue weighted by Gasteiger charge is 2.11. The van der Waals surface area contributed by atoms with Crippen molar-refractivity contribution in [1.29, 1.82) is 0 Å². The second kappa shape index (κ2) is 4.39. The van der Waals surface area contributed by atoms with Crippen LogP contribution in [0.25, 0.3) is 11.4 Å². The highest BCUT2D eigenvalue weighted by Crippen LogP contribution is 2.20. The van der Waals surface area contributed by atoms with Gasteiger partial charge in [0, 0.05) is 16.2 Å². The number of nitrogens with one attached hydrogen (secondary N) is 2. The molecule has 0 aliphatic rings. The molecule has 0 spiro atoms. The molecule has 0 unspecified atom stereocenters. The van der Waals surface area contributed by atoms with E-state index in [-0.39, 0.29) is 16.3 Å². The number of hydrogen-bond donors (Lipinski definition) is 2. The van der Waals surface area contributed by atoms with Crippen molar-refractivity contribution in [2.24, 2.45) is 0 Å². The average Bonchev–Trinajstić information content (AvgIpc) is 2.27. The van der Waals surface area contributed by atoms with Crippen LogP contribution >= 0.6 is 10.7 Å². The van der Waals surface area contributed by atoms with E-state index in [1.54, 1.807) is 0 Å². The molecule has 0 atom stereocenters. The van der Waals surface area contributed by atoms with E-state index in [1.165, 1.54) is 24.3 Å². The first kappa shape index (κ1) is 12.5. The van der Waals surface area contributed by atoms with E-state index in [0.717, 1.165) is 0 Å². The monoisotopic (exact) mass is 287 g/mol. The van der Waals surface area contributed by atoms with Crippen molar-refractivity contribution < 1.29 is 8.42 Å². The Morgan fingerprint density at radius 2 is 1.89 bits per heavy atom. The first-order valence-corrected chi connectivity index (χ1v) is 6.93. The number of halogens is 1. The van der Waals surface area contributed by atoms with Crippen LogP contribution in [-0.4, -0.2) is 23.4 Å². The van der Waals surface area contributed by atoms with E-state index >= 15 is 0 Å². The smallest absolute Gasteiger partial charge is 0.291 e. The Bertz CT molecular complexity index is 781. The normalized spacial score (nSPS) is 11.4. The summed E-state index contributed by atoms with van der Waals surface area (Å²) >= 11 is 0. The number of H-pyrrole nitrogens is 2. The third-order valence-corrected chi connectivity index (χ3v) is 3.41. The molecule has 0 radical (unpaired) electrons. The Balaban J connectivity index is 2.65. The molecule has 2 rings (SSSR count). The minimum absolute atomic E-state index is 0.0362. The van der Waals surface area contributed by atoms with Crippen molar-refractivity contribution in [3.05, 3.63) is 45.2 Å². The Morgan fingerprint density at radius 3 is 2.50 bits per heavy atom. The Labute approximate surface area is 105 Å². The minimum atomic E-state index is -3.89. The highest BCUT2D eigenvalue weighted by molar-refractivity contribution is 8.13. The van der Waals surface area contributed by atoms with Gasteiger partial charge >= 0.3 is 11.4 Å². The van der Waals surface area contributed by atoms with E-state index < -0.39 is 20.4 Å². The third-order valence-electron chi connectivity index (χ3n) is 2.05. The van der Waals surface area contributed by atoms with E-state index in [1.807, 2.05) is 4.98 Å².